The fraction of sp³-hybridized carbons (Fsp3) is 0.533. The summed E-state index contributed by atoms with van der Waals surface area (Å²) in [6.45, 7) is 3.21. The summed E-state index contributed by atoms with van der Waals surface area (Å²) in [5, 5.41) is 3.64. The first-order valence-electron chi connectivity index (χ1n) is 6.98. The normalized spacial score (nSPS) is 24.5. The van der Waals surface area contributed by atoms with E-state index in [9.17, 15) is 0 Å². The van der Waals surface area contributed by atoms with Crippen molar-refractivity contribution < 1.29 is 0 Å². The summed E-state index contributed by atoms with van der Waals surface area (Å²) >= 11 is 0. The minimum atomic E-state index is 0.668. The van der Waals surface area contributed by atoms with Gasteiger partial charge in [0.1, 0.15) is 5.82 Å². The third kappa shape index (κ3) is 2.56. The smallest absolute Gasteiger partial charge is 0.121 e. The second-order valence-electron chi connectivity index (χ2n) is 5.55. The number of hydrogen-bond acceptors (Lipinski definition) is 2. The number of nitrogens with one attached hydrogen (secondary N) is 2. The van der Waals surface area contributed by atoms with E-state index in [2.05, 4.69) is 34.3 Å². The van der Waals surface area contributed by atoms with Crippen molar-refractivity contribution >= 4 is 11.0 Å². The molecule has 1 aliphatic carbocycles. The Kier molecular flexibility index (Phi) is 3.33. The van der Waals surface area contributed by atoms with Gasteiger partial charge in [-0.3, -0.25) is 0 Å². The predicted molar refractivity (Wildman–Crippen MR) is 74.4 cm³/mol. The third-order valence-electron chi connectivity index (χ3n) is 3.93. The zero-order chi connectivity index (χ0) is 12.4. The Hall–Kier alpha value is -1.35. The summed E-state index contributed by atoms with van der Waals surface area (Å²) < 4.78 is 0. The summed E-state index contributed by atoms with van der Waals surface area (Å²) in [6, 6.07) is 8.87. The van der Waals surface area contributed by atoms with Crippen LogP contribution >= 0.6 is 0 Å². The second kappa shape index (κ2) is 5.11. The molecule has 1 aliphatic rings. The summed E-state index contributed by atoms with van der Waals surface area (Å²) in [5.41, 5.74) is 2.19. The molecule has 2 atom stereocenters. The van der Waals surface area contributed by atoms with Crippen LogP contribution in [0.3, 0.4) is 0 Å². The standard InChI is InChI=1S/C15H21N3/c1-11-5-4-6-12(9-11)16-10-15-17-13-7-2-3-8-14(13)18-15/h2-3,7-8,11-12,16H,4-6,9-10H2,1H3,(H,17,18). The van der Waals surface area contributed by atoms with Crippen LogP contribution in [0.2, 0.25) is 0 Å². The Balaban J connectivity index is 1.62. The van der Waals surface area contributed by atoms with E-state index in [1.54, 1.807) is 0 Å². The minimum Gasteiger partial charge on any atom is -0.341 e. The molecule has 2 N–H and O–H groups in total. The number of fused-ring (bicyclic) bond motifs is 1. The number of para-hydroxylation sites is 2. The summed E-state index contributed by atoms with van der Waals surface area (Å²) in [5.74, 6) is 1.92. The van der Waals surface area contributed by atoms with Crippen LogP contribution in [-0.2, 0) is 6.54 Å². The molecule has 2 unspecified atom stereocenters. The molecule has 18 heavy (non-hydrogen) atoms. The maximum absolute atomic E-state index is 4.60. The van der Waals surface area contributed by atoms with E-state index in [-0.39, 0.29) is 0 Å². The highest BCUT2D eigenvalue weighted by Crippen LogP contribution is 2.23. The number of nitrogens with zero attached hydrogens (tertiary/aromatic N) is 1. The highest BCUT2D eigenvalue weighted by atomic mass is 15.0. The zero-order valence-corrected chi connectivity index (χ0v) is 10.9. The van der Waals surface area contributed by atoms with Gasteiger partial charge in [0.05, 0.1) is 17.6 Å². The zero-order valence-electron chi connectivity index (χ0n) is 10.9. The molecule has 1 heterocycles. The highest BCUT2D eigenvalue weighted by Gasteiger charge is 2.18. The van der Waals surface area contributed by atoms with Crippen LogP contribution in [0.25, 0.3) is 11.0 Å². The molecule has 3 rings (SSSR count). The van der Waals surface area contributed by atoms with Crippen molar-refractivity contribution in [2.24, 2.45) is 5.92 Å². The molecule has 0 spiro atoms. The molecular weight excluding hydrogens is 222 g/mol. The summed E-state index contributed by atoms with van der Waals surface area (Å²) in [4.78, 5) is 7.97. The van der Waals surface area contributed by atoms with Gasteiger partial charge in [-0.05, 0) is 30.9 Å². The van der Waals surface area contributed by atoms with Gasteiger partial charge in [-0.15, -0.1) is 0 Å². The van der Waals surface area contributed by atoms with Crippen molar-refractivity contribution in [3.63, 3.8) is 0 Å². The fourth-order valence-electron chi connectivity index (χ4n) is 2.95. The first-order chi connectivity index (χ1) is 8.81. The van der Waals surface area contributed by atoms with Crippen LogP contribution < -0.4 is 5.32 Å². The molecule has 0 amide bonds. The lowest BCUT2D eigenvalue weighted by molar-refractivity contribution is 0.299. The number of aromatic amines is 1. The third-order valence-corrected chi connectivity index (χ3v) is 3.93. The van der Waals surface area contributed by atoms with E-state index in [4.69, 9.17) is 0 Å². The van der Waals surface area contributed by atoms with E-state index >= 15 is 0 Å². The van der Waals surface area contributed by atoms with Crippen LogP contribution in [0.1, 0.15) is 38.4 Å². The molecule has 1 aromatic carbocycles. The lowest BCUT2D eigenvalue weighted by atomic mass is 9.87. The number of benzene rings is 1. The van der Waals surface area contributed by atoms with Gasteiger partial charge in [0, 0.05) is 6.04 Å². The molecule has 1 aromatic heterocycles. The van der Waals surface area contributed by atoms with Gasteiger partial charge < -0.3 is 10.3 Å². The average Bonchev–Trinajstić information content (AvgIpc) is 2.79. The molecule has 0 aliphatic heterocycles. The van der Waals surface area contributed by atoms with Crippen molar-refractivity contribution in [3.05, 3.63) is 30.1 Å². The van der Waals surface area contributed by atoms with Crippen molar-refractivity contribution in [1.82, 2.24) is 15.3 Å². The molecule has 2 aromatic rings. The van der Waals surface area contributed by atoms with Crippen molar-refractivity contribution in [3.8, 4) is 0 Å². The SMILES string of the molecule is CC1CCCC(NCc2nc3ccccc3[nH]2)C1. The molecule has 3 heteroatoms. The van der Waals surface area contributed by atoms with E-state index in [1.807, 2.05) is 12.1 Å². The van der Waals surface area contributed by atoms with Gasteiger partial charge in [-0.25, -0.2) is 4.98 Å². The Morgan fingerprint density at radius 2 is 2.22 bits per heavy atom. The van der Waals surface area contributed by atoms with Crippen LogP contribution in [-0.4, -0.2) is 16.0 Å². The van der Waals surface area contributed by atoms with Crippen molar-refractivity contribution in [1.29, 1.82) is 0 Å². The maximum Gasteiger partial charge on any atom is 0.121 e. The lowest BCUT2D eigenvalue weighted by Crippen LogP contribution is -2.33. The maximum atomic E-state index is 4.60. The summed E-state index contributed by atoms with van der Waals surface area (Å²) in [7, 11) is 0. The molecule has 0 saturated heterocycles. The Bertz CT molecular complexity index is 484. The average molecular weight is 243 g/mol. The van der Waals surface area contributed by atoms with Gasteiger partial charge in [-0.2, -0.15) is 0 Å². The molecule has 1 fully saturated rings. The van der Waals surface area contributed by atoms with Crippen LogP contribution in [0.5, 0.6) is 0 Å². The van der Waals surface area contributed by atoms with E-state index in [0.717, 1.165) is 29.3 Å². The lowest BCUT2D eigenvalue weighted by Gasteiger charge is -2.27. The van der Waals surface area contributed by atoms with E-state index in [0.29, 0.717) is 6.04 Å². The number of imidazole rings is 1. The Morgan fingerprint density at radius 1 is 1.33 bits per heavy atom. The predicted octanol–water partition coefficient (Wildman–Crippen LogP) is 3.23. The first kappa shape index (κ1) is 11.7. The quantitative estimate of drug-likeness (QED) is 0.869. The monoisotopic (exact) mass is 243 g/mol. The highest BCUT2D eigenvalue weighted by molar-refractivity contribution is 5.74. The van der Waals surface area contributed by atoms with Gasteiger partial charge in [-0.1, -0.05) is 31.9 Å². The topological polar surface area (TPSA) is 40.7 Å². The summed E-state index contributed by atoms with van der Waals surface area (Å²) in [6.07, 6.45) is 5.37. The Labute approximate surface area is 108 Å². The number of H-pyrrole nitrogens is 1. The minimum absolute atomic E-state index is 0.668. The van der Waals surface area contributed by atoms with Gasteiger partial charge in [0.15, 0.2) is 0 Å². The van der Waals surface area contributed by atoms with Crippen molar-refractivity contribution in [2.45, 2.75) is 45.2 Å². The molecule has 96 valence electrons. The molecule has 1 saturated carbocycles. The number of rotatable bonds is 3. The van der Waals surface area contributed by atoms with Crippen LogP contribution in [0.4, 0.5) is 0 Å². The first-order valence-corrected chi connectivity index (χ1v) is 6.98. The molecule has 0 bridgehead atoms. The molecule has 0 radical (unpaired) electrons. The van der Waals surface area contributed by atoms with E-state index < -0.39 is 0 Å². The van der Waals surface area contributed by atoms with Crippen LogP contribution in [0, 0.1) is 5.92 Å². The van der Waals surface area contributed by atoms with Crippen LogP contribution in [0.15, 0.2) is 24.3 Å². The Morgan fingerprint density at radius 3 is 3.06 bits per heavy atom. The van der Waals surface area contributed by atoms with E-state index in [1.165, 1.54) is 25.7 Å². The van der Waals surface area contributed by atoms with Crippen molar-refractivity contribution in [2.75, 3.05) is 0 Å². The number of hydrogen-bond donors (Lipinski definition) is 2. The second-order valence-corrected chi connectivity index (χ2v) is 5.55. The number of aromatic nitrogens is 2. The van der Waals surface area contributed by atoms with Gasteiger partial charge in [0.25, 0.3) is 0 Å². The molecule has 3 nitrogen and oxygen atoms in total. The van der Waals surface area contributed by atoms with Gasteiger partial charge in [0.2, 0.25) is 0 Å². The largest absolute Gasteiger partial charge is 0.341 e. The fourth-order valence-corrected chi connectivity index (χ4v) is 2.95. The molecular formula is C15H21N3. The van der Waals surface area contributed by atoms with Gasteiger partial charge >= 0.3 is 0 Å².